The molecule has 5 nitrogen and oxygen atoms in total. The molecule has 0 aliphatic carbocycles. The summed E-state index contributed by atoms with van der Waals surface area (Å²) in [5.74, 6) is 1.17. The topological polar surface area (TPSA) is 70.2 Å². The van der Waals surface area contributed by atoms with Crippen LogP contribution in [-0.2, 0) is 9.59 Å². The third-order valence-corrected chi connectivity index (χ3v) is 2.37. The molecule has 0 heterocycles. The van der Waals surface area contributed by atoms with Gasteiger partial charge in [-0.15, -0.1) is 0 Å². The van der Waals surface area contributed by atoms with Crippen molar-refractivity contribution in [3.05, 3.63) is 0 Å². The highest BCUT2D eigenvalue weighted by atomic mass is 32.1. The molecule has 3 N–H and O–H groups in total. The summed E-state index contributed by atoms with van der Waals surface area (Å²) in [5, 5.41) is 8.62. The summed E-state index contributed by atoms with van der Waals surface area (Å²) in [4.78, 5) is 22.1. The number of amides is 2. The first kappa shape index (κ1) is 16.6. The van der Waals surface area contributed by atoms with Gasteiger partial charge in [0.15, 0.2) is 0 Å². The third kappa shape index (κ3) is 11.9. The lowest BCUT2D eigenvalue weighted by Crippen LogP contribution is -2.36. The number of nitrogens with one attached hydrogen (secondary N) is 3. The van der Waals surface area contributed by atoms with Crippen molar-refractivity contribution in [2.75, 3.05) is 37.7 Å². The normalized spacial score (nSPS) is 10.0. The van der Waals surface area contributed by atoms with Gasteiger partial charge in [-0.2, -0.15) is 25.3 Å². The zero-order chi connectivity index (χ0) is 12.9. The molecule has 0 radical (unpaired) electrons. The fourth-order valence-electron chi connectivity index (χ4n) is 1.09. The minimum atomic E-state index is 0.0175. The van der Waals surface area contributed by atoms with Crippen LogP contribution < -0.4 is 16.0 Å². The summed E-state index contributed by atoms with van der Waals surface area (Å²) < 4.78 is 0. The van der Waals surface area contributed by atoms with Crippen molar-refractivity contribution in [1.29, 1.82) is 0 Å². The van der Waals surface area contributed by atoms with Gasteiger partial charge in [0.2, 0.25) is 11.8 Å². The molecule has 0 aliphatic heterocycles. The van der Waals surface area contributed by atoms with Crippen molar-refractivity contribution in [2.45, 2.75) is 12.8 Å². The Kier molecular flexibility index (Phi) is 11.8. The second-order valence-electron chi connectivity index (χ2n) is 3.40. The molecule has 0 spiro atoms. The van der Waals surface area contributed by atoms with Crippen LogP contribution in [0.25, 0.3) is 0 Å². The van der Waals surface area contributed by atoms with Gasteiger partial charge >= 0.3 is 0 Å². The second kappa shape index (κ2) is 12.1. The molecule has 0 saturated carbocycles. The molecule has 0 atom stereocenters. The van der Waals surface area contributed by atoms with Crippen LogP contribution in [0.4, 0.5) is 0 Å². The Morgan fingerprint density at radius 3 is 1.53 bits per heavy atom. The van der Waals surface area contributed by atoms with Crippen LogP contribution in [-0.4, -0.2) is 49.5 Å². The predicted octanol–water partition coefficient (Wildman–Crippen LogP) is -0.552. The Bertz CT molecular complexity index is 206. The number of thiol groups is 2. The molecule has 100 valence electrons. The monoisotopic (exact) mass is 279 g/mol. The molecule has 0 aromatic rings. The molecular weight excluding hydrogens is 258 g/mol. The van der Waals surface area contributed by atoms with Crippen LogP contribution in [0.2, 0.25) is 0 Å². The summed E-state index contributed by atoms with van der Waals surface area (Å²) in [5.41, 5.74) is 0. The first-order chi connectivity index (χ1) is 8.20. The van der Waals surface area contributed by atoms with E-state index in [4.69, 9.17) is 0 Å². The zero-order valence-electron chi connectivity index (χ0n) is 9.87. The summed E-state index contributed by atoms with van der Waals surface area (Å²) in [6.07, 6.45) is 0.895. The highest BCUT2D eigenvalue weighted by Crippen LogP contribution is 1.82. The summed E-state index contributed by atoms with van der Waals surface area (Å²) in [7, 11) is 0. The van der Waals surface area contributed by atoms with Crippen LogP contribution in [0.15, 0.2) is 0 Å². The maximum absolute atomic E-state index is 11.0. The first-order valence-corrected chi connectivity index (χ1v) is 6.93. The van der Waals surface area contributed by atoms with E-state index in [0.29, 0.717) is 50.5 Å². The molecule has 0 unspecified atom stereocenters. The Hall–Kier alpha value is -0.400. The van der Waals surface area contributed by atoms with Crippen molar-refractivity contribution < 1.29 is 9.59 Å². The predicted molar refractivity (Wildman–Crippen MR) is 75.8 cm³/mol. The van der Waals surface area contributed by atoms with Crippen LogP contribution in [0.3, 0.4) is 0 Å². The lowest BCUT2D eigenvalue weighted by Gasteiger charge is -2.07. The summed E-state index contributed by atoms with van der Waals surface area (Å²) in [6, 6.07) is 0. The van der Waals surface area contributed by atoms with E-state index in [9.17, 15) is 9.59 Å². The SMILES string of the molecule is O=C(CCS)NCCNCCNC(=O)CCS. The fourth-order valence-corrected chi connectivity index (χ4v) is 1.49. The van der Waals surface area contributed by atoms with E-state index in [2.05, 4.69) is 41.2 Å². The summed E-state index contributed by atoms with van der Waals surface area (Å²) in [6.45, 7) is 2.58. The number of hydrogen-bond donors (Lipinski definition) is 5. The minimum Gasteiger partial charge on any atom is -0.355 e. The second-order valence-corrected chi connectivity index (χ2v) is 4.29. The van der Waals surface area contributed by atoms with Gasteiger partial charge in [-0.25, -0.2) is 0 Å². The highest BCUT2D eigenvalue weighted by molar-refractivity contribution is 7.80. The minimum absolute atomic E-state index is 0.0175. The van der Waals surface area contributed by atoms with Gasteiger partial charge in [0.25, 0.3) is 0 Å². The van der Waals surface area contributed by atoms with Crippen molar-refractivity contribution in [3.63, 3.8) is 0 Å². The average Bonchev–Trinajstić information content (AvgIpc) is 2.28. The standard InChI is InChI=1S/C10H21N3O2S2/c14-9(1-7-16)12-5-3-11-4-6-13-10(15)2-8-17/h11,16-17H,1-8H2,(H,12,14)(H,13,15). The molecule has 7 heteroatoms. The fraction of sp³-hybridized carbons (Fsp3) is 0.800. The third-order valence-electron chi connectivity index (χ3n) is 1.93. The Balaban J connectivity index is 3.18. The van der Waals surface area contributed by atoms with Crippen LogP contribution in [0.5, 0.6) is 0 Å². The quantitative estimate of drug-likeness (QED) is 0.275. The van der Waals surface area contributed by atoms with Gasteiger partial charge < -0.3 is 16.0 Å². The van der Waals surface area contributed by atoms with Crippen molar-refractivity contribution >= 4 is 37.1 Å². The molecular formula is C10H21N3O2S2. The molecule has 2 amide bonds. The van der Waals surface area contributed by atoms with E-state index < -0.39 is 0 Å². The Morgan fingerprint density at radius 1 is 0.765 bits per heavy atom. The van der Waals surface area contributed by atoms with Crippen LogP contribution in [0.1, 0.15) is 12.8 Å². The maximum atomic E-state index is 11.0. The number of carbonyl (C=O) groups excluding carboxylic acids is 2. The molecule has 0 fully saturated rings. The van der Waals surface area contributed by atoms with Crippen LogP contribution in [0, 0.1) is 0 Å². The van der Waals surface area contributed by atoms with Gasteiger partial charge in [-0.1, -0.05) is 0 Å². The van der Waals surface area contributed by atoms with Gasteiger partial charge in [0, 0.05) is 39.0 Å². The number of hydrogen-bond acceptors (Lipinski definition) is 5. The highest BCUT2D eigenvalue weighted by Gasteiger charge is 1.98. The molecule has 17 heavy (non-hydrogen) atoms. The lowest BCUT2D eigenvalue weighted by molar-refractivity contribution is -0.121. The van der Waals surface area contributed by atoms with Gasteiger partial charge in [0.05, 0.1) is 0 Å². The van der Waals surface area contributed by atoms with E-state index in [0.717, 1.165) is 0 Å². The van der Waals surface area contributed by atoms with Gasteiger partial charge in [-0.3, -0.25) is 9.59 Å². The Labute approximate surface area is 113 Å². The van der Waals surface area contributed by atoms with E-state index in [-0.39, 0.29) is 11.8 Å². The molecule has 0 aliphatic rings. The summed E-state index contributed by atoms with van der Waals surface area (Å²) >= 11 is 7.93. The molecule has 0 saturated heterocycles. The average molecular weight is 279 g/mol. The Morgan fingerprint density at radius 2 is 1.18 bits per heavy atom. The van der Waals surface area contributed by atoms with E-state index in [1.807, 2.05) is 0 Å². The van der Waals surface area contributed by atoms with Crippen molar-refractivity contribution in [3.8, 4) is 0 Å². The largest absolute Gasteiger partial charge is 0.355 e. The zero-order valence-corrected chi connectivity index (χ0v) is 11.7. The molecule has 0 rings (SSSR count). The van der Waals surface area contributed by atoms with Gasteiger partial charge in [-0.05, 0) is 11.5 Å². The molecule has 0 bridgehead atoms. The molecule has 0 aromatic heterocycles. The number of carbonyl (C=O) groups is 2. The molecule has 0 aromatic carbocycles. The maximum Gasteiger partial charge on any atom is 0.220 e. The number of rotatable bonds is 10. The van der Waals surface area contributed by atoms with E-state index >= 15 is 0 Å². The van der Waals surface area contributed by atoms with Crippen molar-refractivity contribution in [2.24, 2.45) is 0 Å². The smallest absolute Gasteiger partial charge is 0.220 e. The van der Waals surface area contributed by atoms with E-state index in [1.54, 1.807) is 0 Å². The lowest BCUT2D eigenvalue weighted by atomic mass is 10.4. The van der Waals surface area contributed by atoms with Crippen molar-refractivity contribution in [1.82, 2.24) is 16.0 Å². The van der Waals surface area contributed by atoms with Crippen LogP contribution >= 0.6 is 25.3 Å². The van der Waals surface area contributed by atoms with E-state index in [1.165, 1.54) is 0 Å². The van der Waals surface area contributed by atoms with Gasteiger partial charge in [0.1, 0.15) is 0 Å². The first-order valence-electron chi connectivity index (χ1n) is 5.66.